The molecule has 2 bridgehead atoms. The van der Waals surface area contributed by atoms with Gasteiger partial charge in [-0.3, -0.25) is 9.59 Å². The van der Waals surface area contributed by atoms with Crippen LogP contribution < -0.4 is 5.32 Å². The van der Waals surface area contributed by atoms with E-state index in [1.54, 1.807) is 0 Å². The van der Waals surface area contributed by atoms with Crippen LogP contribution in [0.25, 0.3) is 0 Å². The van der Waals surface area contributed by atoms with Crippen LogP contribution in [0.5, 0.6) is 0 Å². The fraction of sp³-hybridized carbons (Fsp3) is 0.679. The van der Waals surface area contributed by atoms with Gasteiger partial charge in [0.25, 0.3) is 0 Å². The second-order valence-corrected chi connectivity index (χ2v) is 11.4. The van der Waals surface area contributed by atoms with Gasteiger partial charge in [0.2, 0.25) is 11.8 Å². The number of halogens is 1. The Morgan fingerprint density at radius 1 is 1.06 bits per heavy atom. The Bertz CT molecular complexity index is 944. The van der Waals surface area contributed by atoms with Gasteiger partial charge in [0.05, 0.1) is 19.2 Å². The lowest BCUT2D eigenvalue weighted by atomic mass is 9.56. The van der Waals surface area contributed by atoms with Gasteiger partial charge in [-0.2, -0.15) is 5.26 Å². The maximum Gasteiger partial charge on any atom is 0.237 e. The molecule has 2 saturated heterocycles. The molecule has 5 fully saturated rings. The maximum atomic E-state index is 13.7. The standard InChI is InChI=1S/C28H37FN4O2/c29-23-17-24(18-30)33(20-23)25(34)19-31-28-11-8-27(9-12-28,10-13-28)26(35)32-14-6-22(7-15-32)16-21-4-2-1-3-5-21/h1-5,22-24,31H,6-17,19-20H2/t23-,24-,27?,28?/m0/s1. The number of carbonyl (C=O) groups excluding carboxylic acids is 2. The van der Waals surface area contributed by atoms with E-state index in [9.17, 15) is 19.2 Å². The molecule has 0 spiro atoms. The summed E-state index contributed by atoms with van der Waals surface area (Å²) in [7, 11) is 0. The van der Waals surface area contributed by atoms with Crippen molar-refractivity contribution >= 4 is 11.8 Å². The van der Waals surface area contributed by atoms with Crippen molar-refractivity contribution in [3.63, 3.8) is 0 Å². The lowest BCUT2D eigenvalue weighted by molar-refractivity contribution is -0.151. The summed E-state index contributed by atoms with van der Waals surface area (Å²) in [6, 6.07) is 12.0. The lowest BCUT2D eigenvalue weighted by Crippen LogP contribution is -2.60. The van der Waals surface area contributed by atoms with E-state index in [4.69, 9.17) is 0 Å². The SMILES string of the molecule is N#C[C@@H]1C[C@H](F)CN1C(=O)CNC12CCC(C(=O)N3CCC(Cc4ccccc4)CC3)(CC1)CC2. The Morgan fingerprint density at radius 3 is 2.34 bits per heavy atom. The van der Waals surface area contributed by atoms with Crippen molar-refractivity contribution < 1.29 is 14.0 Å². The van der Waals surface area contributed by atoms with Gasteiger partial charge in [0.15, 0.2) is 0 Å². The monoisotopic (exact) mass is 480 g/mol. The third-order valence-corrected chi connectivity index (χ3v) is 9.30. The molecular formula is C28H37FN4O2. The highest BCUT2D eigenvalue weighted by Gasteiger charge is 2.53. The number of nitrogens with zero attached hydrogens (tertiary/aromatic N) is 3. The number of amides is 2. The fourth-order valence-corrected chi connectivity index (χ4v) is 6.94. The number of likely N-dealkylation sites (tertiary alicyclic amines) is 2. The average Bonchev–Trinajstić information content (AvgIpc) is 3.30. The van der Waals surface area contributed by atoms with Crippen molar-refractivity contribution in [2.45, 2.75) is 82.0 Å². The third-order valence-electron chi connectivity index (χ3n) is 9.30. The third kappa shape index (κ3) is 4.95. The van der Waals surface area contributed by atoms with Gasteiger partial charge < -0.3 is 15.1 Å². The predicted octanol–water partition coefficient (Wildman–Crippen LogP) is 3.61. The molecule has 1 aromatic carbocycles. The Balaban J connectivity index is 1.10. The zero-order valence-corrected chi connectivity index (χ0v) is 20.6. The topological polar surface area (TPSA) is 76.4 Å². The molecule has 2 amide bonds. The van der Waals surface area contributed by atoms with Gasteiger partial charge in [0, 0.05) is 30.5 Å². The molecule has 35 heavy (non-hydrogen) atoms. The molecule has 2 heterocycles. The number of rotatable bonds is 6. The van der Waals surface area contributed by atoms with Gasteiger partial charge in [0.1, 0.15) is 12.2 Å². The van der Waals surface area contributed by atoms with Gasteiger partial charge in [-0.05, 0) is 69.3 Å². The molecule has 3 saturated carbocycles. The molecule has 7 heteroatoms. The normalized spacial score (nSPS) is 33.0. The Hall–Kier alpha value is -2.46. The van der Waals surface area contributed by atoms with Crippen LogP contribution in [0.4, 0.5) is 4.39 Å². The molecule has 6 rings (SSSR count). The molecule has 2 aliphatic heterocycles. The van der Waals surface area contributed by atoms with Crippen molar-refractivity contribution in [3.05, 3.63) is 35.9 Å². The Labute approximate surface area is 207 Å². The highest BCUT2D eigenvalue weighted by atomic mass is 19.1. The van der Waals surface area contributed by atoms with E-state index in [-0.39, 0.29) is 36.4 Å². The van der Waals surface area contributed by atoms with E-state index in [1.165, 1.54) is 10.5 Å². The second kappa shape index (κ2) is 9.89. The molecule has 0 aromatic heterocycles. The lowest BCUT2D eigenvalue weighted by Gasteiger charge is -2.54. The van der Waals surface area contributed by atoms with Gasteiger partial charge in [-0.1, -0.05) is 30.3 Å². The summed E-state index contributed by atoms with van der Waals surface area (Å²) in [6.07, 6.45) is 7.53. The average molecular weight is 481 g/mol. The van der Waals surface area contributed by atoms with Crippen LogP contribution in [0.2, 0.25) is 0 Å². The van der Waals surface area contributed by atoms with Crippen LogP contribution in [0, 0.1) is 22.7 Å². The van der Waals surface area contributed by atoms with Gasteiger partial charge >= 0.3 is 0 Å². The molecule has 1 N–H and O–H groups in total. The maximum absolute atomic E-state index is 13.7. The molecule has 1 aromatic rings. The second-order valence-electron chi connectivity index (χ2n) is 11.4. The van der Waals surface area contributed by atoms with E-state index in [2.05, 4.69) is 46.6 Å². The minimum absolute atomic E-state index is 0.0192. The van der Waals surface area contributed by atoms with Crippen LogP contribution in [-0.2, 0) is 16.0 Å². The van der Waals surface area contributed by atoms with Crippen LogP contribution in [0.1, 0.15) is 63.4 Å². The summed E-state index contributed by atoms with van der Waals surface area (Å²) < 4.78 is 13.7. The summed E-state index contributed by atoms with van der Waals surface area (Å²) in [4.78, 5) is 29.8. The number of alkyl halides is 1. The molecular weight excluding hydrogens is 443 g/mol. The number of nitriles is 1. The number of benzene rings is 1. The van der Waals surface area contributed by atoms with Crippen molar-refractivity contribution in [1.82, 2.24) is 15.1 Å². The quantitative estimate of drug-likeness (QED) is 0.675. The van der Waals surface area contributed by atoms with Crippen molar-refractivity contribution in [1.29, 1.82) is 5.26 Å². The first kappa shape index (κ1) is 24.2. The Kier molecular flexibility index (Phi) is 6.85. The van der Waals surface area contributed by atoms with Crippen molar-refractivity contribution in [2.24, 2.45) is 11.3 Å². The predicted molar refractivity (Wildman–Crippen MR) is 131 cm³/mol. The van der Waals surface area contributed by atoms with Crippen LogP contribution in [-0.4, -0.2) is 65.5 Å². The highest BCUT2D eigenvalue weighted by Crippen LogP contribution is 2.53. The van der Waals surface area contributed by atoms with E-state index in [0.29, 0.717) is 11.8 Å². The first-order chi connectivity index (χ1) is 16.9. The first-order valence-corrected chi connectivity index (χ1v) is 13.3. The smallest absolute Gasteiger partial charge is 0.237 e. The van der Waals surface area contributed by atoms with Crippen LogP contribution in [0.3, 0.4) is 0 Å². The zero-order valence-electron chi connectivity index (χ0n) is 20.6. The van der Waals surface area contributed by atoms with Crippen molar-refractivity contribution in [3.8, 4) is 6.07 Å². The van der Waals surface area contributed by atoms with E-state index in [1.807, 2.05) is 0 Å². The minimum Gasteiger partial charge on any atom is -0.342 e. The van der Waals surface area contributed by atoms with Crippen LogP contribution >= 0.6 is 0 Å². The van der Waals surface area contributed by atoms with Gasteiger partial charge in [-0.25, -0.2) is 4.39 Å². The first-order valence-electron chi connectivity index (χ1n) is 13.3. The molecule has 0 radical (unpaired) electrons. The summed E-state index contributed by atoms with van der Waals surface area (Å²) in [5.74, 6) is 0.806. The number of nitrogens with one attached hydrogen (secondary N) is 1. The Morgan fingerprint density at radius 2 is 1.71 bits per heavy atom. The van der Waals surface area contributed by atoms with Gasteiger partial charge in [-0.15, -0.1) is 0 Å². The number of hydrogen-bond donors (Lipinski definition) is 1. The zero-order chi connectivity index (χ0) is 24.5. The fourth-order valence-electron chi connectivity index (χ4n) is 6.94. The number of piperidine rings is 1. The summed E-state index contributed by atoms with van der Waals surface area (Å²) in [5.41, 5.74) is 1.04. The number of hydrogen-bond acceptors (Lipinski definition) is 4. The van der Waals surface area contributed by atoms with E-state index >= 15 is 0 Å². The molecule has 2 atom stereocenters. The van der Waals surface area contributed by atoms with E-state index in [0.717, 1.165) is 70.9 Å². The number of fused-ring (bicyclic) bond motifs is 3. The van der Waals surface area contributed by atoms with Crippen molar-refractivity contribution in [2.75, 3.05) is 26.2 Å². The van der Waals surface area contributed by atoms with Crippen LogP contribution in [0.15, 0.2) is 30.3 Å². The molecule has 6 nitrogen and oxygen atoms in total. The molecule has 0 unspecified atom stereocenters. The van der Waals surface area contributed by atoms with E-state index < -0.39 is 12.2 Å². The molecule has 188 valence electrons. The summed E-state index contributed by atoms with van der Waals surface area (Å²) in [6.45, 7) is 1.88. The summed E-state index contributed by atoms with van der Waals surface area (Å²) in [5, 5.41) is 12.7. The summed E-state index contributed by atoms with van der Waals surface area (Å²) >= 11 is 0. The molecule has 5 aliphatic rings. The largest absolute Gasteiger partial charge is 0.342 e. The highest BCUT2D eigenvalue weighted by molar-refractivity contribution is 5.83. The number of carbonyl (C=O) groups is 2. The minimum atomic E-state index is -1.11. The molecule has 3 aliphatic carbocycles.